The van der Waals surface area contributed by atoms with E-state index in [-0.39, 0.29) is 42.1 Å². The van der Waals surface area contributed by atoms with Gasteiger partial charge < -0.3 is 15.5 Å². The number of piperidine rings is 2. The van der Waals surface area contributed by atoms with Gasteiger partial charge in [0.05, 0.1) is 5.92 Å². The summed E-state index contributed by atoms with van der Waals surface area (Å²) in [5, 5.41) is 6.37. The summed E-state index contributed by atoms with van der Waals surface area (Å²) in [6, 6.07) is 3.78. The minimum atomic E-state index is -0.864. The monoisotopic (exact) mass is 429 g/mol. The number of carbonyl (C=O) groups is 2. The molecule has 2 saturated heterocycles. The number of nitrogens with one attached hydrogen (secondary N) is 2. The number of nitrogens with zero attached hydrogens (tertiary/aromatic N) is 1. The fourth-order valence-corrected chi connectivity index (χ4v) is 4.24. The molecule has 3 atom stereocenters. The van der Waals surface area contributed by atoms with Gasteiger partial charge in [0, 0.05) is 38.0 Å². The topological polar surface area (TPSA) is 61.4 Å². The van der Waals surface area contributed by atoms with Crippen molar-refractivity contribution < 1.29 is 18.4 Å². The van der Waals surface area contributed by atoms with Crippen LogP contribution < -0.4 is 10.6 Å². The number of amides is 2. The van der Waals surface area contributed by atoms with Gasteiger partial charge in [-0.3, -0.25) is 9.59 Å². The molecule has 0 spiro atoms. The van der Waals surface area contributed by atoms with Crippen LogP contribution in [0.2, 0.25) is 0 Å². The molecule has 3 rings (SSSR count). The average molecular weight is 430 g/mol. The van der Waals surface area contributed by atoms with Crippen molar-refractivity contribution in [2.45, 2.75) is 51.0 Å². The zero-order valence-electron chi connectivity index (χ0n) is 16.8. The lowest BCUT2D eigenvalue weighted by Gasteiger charge is -2.36. The van der Waals surface area contributed by atoms with Crippen molar-refractivity contribution in [3.8, 4) is 0 Å². The lowest BCUT2D eigenvalue weighted by molar-refractivity contribution is -0.136. The normalized spacial score (nSPS) is 24.5. The second-order valence-corrected chi connectivity index (χ2v) is 7.82. The number of rotatable bonds is 5. The summed E-state index contributed by atoms with van der Waals surface area (Å²) in [4.78, 5) is 26.8. The molecule has 2 aliphatic rings. The van der Waals surface area contributed by atoms with Crippen molar-refractivity contribution in [3.63, 3.8) is 0 Å². The Kier molecular flexibility index (Phi) is 8.83. The van der Waals surface area contributed by atoms with Crippen molar-refractivity contribution >= 4 is 24.2 Å². The first-order valence-electron chi connectivity index (χ1n) is 10.2. The quantitative estimate of drug-likeness (QED) is 0.756. The van der Waals surface area contributed by atoms with Gasteiger partial charge in [0.15, 0.2) is 11.6 Å². The molecule has 0 bridgehead atoms. The standard InChI is InChI=1S/C21H29F2N3O2.ClH/c1-2-4-20(27)26-10-3-5-15(13-26)21(28)25-19-12-24-9-8-16(19)14-6-7-17(22)18(23)11-14;/h6-7,11,15-16,19,24H,2-5,8-10,12-13H2,1H3,(H,25,28);1H. The van der Waals surface area contributed by atoms with Crippen LogP contribution in [-0.4, -0.2) is 48.9 Å². The predicted molar refractivity (Wildman–Crippen MR) is 110 cm³/mol. The third kappa shape index (κ3) is 5.89. The Morgan fingerprint density at radius 1 is 1.24 bits per heavy atom. The van der Waals surface area contributed by atoms with E-state index in [1.165, 1.54) is 6.07 Å². The number of benzene rings is 1. The smallest absolute Gasteiger partial charge is 0.225 e. The lowest BCUT2D eigenvalue weighted by Crippen LogP contribution is -2.53. The Bertz CT molecular complexity index is 719. The highest BCUT2D eigenvalue weighted by Gasteiger charge is 2.33. The van der Waals surface area contributed by atoms with Gasteiger partial charge in [-0.05, 0) is 49.9 Å². The molecule has 2 N–H and O–H groups in total. The second-order valence-electron chi connectivity index (χ2n) is 7.82. The van der Waals surface area contributed by atoms with Crippen molar-refractivity contribution in [3.05, 3.63) is 35.4 Å². The third-order valence-corrected chi connectivity index (χ3v) is 5.79. The molecule has 1 aromatic carbocycles. The Balaban J connectivity index is 0.00000300. The summed E-state index contributed by atoms with van der Waals surface area (Å²) in [5.74, 6) is -1.96. The molecular weight excluding hydrogens is 400 g/mol. The van der Waals surface area contributed by atoms with Gasteiger partial charge in [-0.1, -0.05) is 13.0 Å². The fraction of sp³-hybridized carbons (Fsp3) is 0.619. The van der Waals surface area contributed by atoms with Gasteiger partial charge >= 0.3 is 0 Å². The first-order chi connectivity index (χ1) is 13.5. The second kappa shape index (κ2) is 10.9. The first-order valence-corrected chi connectivity index (χ1v) is 10.2. The van der Waals surface area contributed by atoms with Crippen LogP contribution in [0.15, 0.2) is 18.2 Å². The molecule has 8 heteroatoms. The summed E-state index contributed by atoms with van der Waals surface area (Å²) >= 11 is 0. The maximum atomic E-state index is 13.7. The molecule has 29 heavy (non-hydrogen) atoms. The molecule has 2 fully saturated rings. The van der Waals surface area contributed by atoms with Crippen LogP contribution in [0.4, 0.5) is 8.78 Å². The molecule has 2 aliphatic heterocycles. The number of hydrogen-bond acceptors (Lipinski definition) is 3. The third-order valence-electron chi connectivity index (χ3n) is 5.79. The number of carbonyl (C=O) groups excluding carboxylic acids is 2. The Morgan fingerprint density at radius 3 is 2.76 bits per heavy atom. The number of hydrogen-bond donors (Lipinski definition) is 2. The van der Waals surface area contributed by atoms with Crippen LogP contribution in [0.25, 0.3) is 0 Å². The molecule has 0 radical (unpaired) electrons. The van der Waals surface area contributed by atoms with Crippen LogP contribution in [0.3, 0.4) is 0 Å². The minimum Gasteiger partial charge on any atom is -0.351 e. The molecule has 2 amide bonds. The summed E-state index contributed by atoms with van der Waals surface area (Å²) in [5.41, 5.74) is 0.703. The van der Waals surface area contributed by atoms with Crippen LogP contribution in [-0.2, 0) is 9.59 Å². The molecule has 1 aromatic rings. The Hall–Kier alpha value is -1.73. The molecule has 0 aromatic heterocycles. The van der Waals surface area contributed by atoms with Crippen LogP contribution in [0.1, 0.15) is 50.5 Å². The van der Waals surface area contributed by atoms with Crippen molar-refractivity contribution in [2.75, 3.05) is 26.2 Å². The lowest BCUT2D eigenvalue weighted by atomic mass is 9.85. The average Bonchev–Trinajstić information content (AvgIpc) is 2.71. The maximum absolute atomic E-state index is 13.7. The zero-order chi connectivity index (χ0) is 20.1. The predicted octanol–water partition coefficient (Wildman–Crippen LogP) is 2.99. The SMILES string of the molecule is CCCC(=O)N1CCCC(C(=O)NC2CNCCC2c2ccc(F)c(F)c2)C1.Cl. The highest BCUT2D eigenvalue weighted by Crippen LogP contribution is 2.28. The molecule has 3 unspecified atom stereocenters. The summed E-state index contributed by atoms with van der Waals surface area (Å²) in [6.07, 6.45) is 3.64. The Morgan fingerprint density at radius 2 is 2.03 bits per heavy atom. The minimum absolute atomic E-state index is 0. The van der Waals surface area contributed by atoms with Crippen LogP contribution in [0, 0.1) is 17.6 Å². The van der Waals surface area contributed by atoms with Gasteiger partial charge in [0.25, 0.3) is 0 Å². The van der Waals surface area contributed by atoms with E-state index in [0.29, 0.717) is 31.6 Å². The largest absolute Gasteiger partial charge is 0.351 e. The number of halogens is 3. The Labute approximate surface area is 177 Å². The molecule has 2 heterocycles. The van der Waals surface area contributed by atoms with E-state index in [1.54, 1.807) is 11.0 Å². The van der Waals surface area contributed by atoms with Gasteiger partial charge in [0.2, 0.25) is 11.8 Å². The van der Waals surface area contributed by atoms with E-state index >= 15 is 0 Å². The summed E-state index contributed by atoms with van der Waals surface area (Å²) in [6.45, 7) is 4.49. The highest BCUT2D eigenvalue weighted by molar-refractivity contribution is 5.85. The maximum Gasteiger partial charge on any atom is 0.225 e. The molecule has 162 valence electrons. The van der Waals surface area contributed by atoms with Crippen LogP contribution in [0.5, 0.6) is 0 Å². The molecule has 0 saturated carbocycles. The van der Waals surface area contributed by atoms with E-state index < -0.39 is 11.6 Å². The van der Waals surface area contributed by atoms with Crippen molar-refractivity contribution in [1.82, 2.24) is 15.5 Å². The van der Waals surface area contributed by atoms with Gasteiger partial charge in [-0.15, -0.1) is 12.4 Å². The molecule has 5 nitrogen and oxygen atoms in total. The number of likely N-dealkylation sites (tertiary alicyclic amines) is 1. The summed E-state index contributed by atoms with van der Waals surface area (Å²) in [7, 11) is 0. The van der Waals surface area contributed by atoms with Crippen molar-refractivity contribution in [2.24, 2.45) is 5.92 Å². The van der Waals surface area contributed by atoms with Gasteiger partial charge in [-0.25, -0.2) is 8.78 Å². The fourth-order valence-electron chi connectivity index (χ4n) is 4.24. The molecule has 0 aliphatic carbocycles. The first kappa shape index (κ1) is 23.5. The van der Waals surface area contributed by atoms with Gasteiger partial charge in [0.1, 0.15) is 0 Å². The van der Waals surface area contributed by atoms with E-state index in [4.69, 9.17) is 0 Å². The van der Waals surface area contributed by atoms with E-state index in [9.17, 15) is 18.4 Å². The van der Waals surface area contributed by atoms with E-state index in [0.717, 1.165) is 38.3 Å². The van der Waals surface area contributed by atoms with Crippen LogP contribution >= 0.6 is 12.4 Å². The zero-order valence-corrected chi connectivity index (χ0v) is 17.6. The van der Waals surface area contributed by atoms with Crippen molar-refractivity contribution in [1.29, 1.82) is 0 Å². The van der Waals surface area contributed by atoms with E-state index in [1.807, 2.05) is 6.92 Å². The van der Waals surface area contributed by atoms with Gasteiger partial charge in [-0.2, -0.15) is 0 Å². The molecular formula is C21H30ClF2N3O2. The highest BCUT2D eigenvalue weighted by atomic mass is 35.5. The van der Waals surface area contributed by atoms with E-state index in [2.05, 4.69) is 10.6 Å². The summed E-state index contributed by atoms with van der Waals surface area (Å²) < 4.78 is 27.0.